The van der Waals surface area contributed by atoms with Crippen LogP contribution >= 0.6 is 0 Å². The van der Waals surface area contributed by atoms with E-state index in [-0.39, 0.29) is 0 Å². The first-order valence-corrected chi connectivity index (χ1v) is 3.81. The van der Waals surface area contributed by atoms with Crippen LogP contribution in [0.25, 0.3) is 0 Å². The van der Waals surface area contributed by atoms with Crippen LogP contribution in [0, 0.1) is 0 Å². The summed E-state index contributed by atoms with van der Waals surface area (Å²) in [5.74, 6) is -0.990. The molecule has 5 nitrogen and oxygen atoms in total. The second-order valence-electron chi connectivity index (χ2n) is 2.49. The van der Waals surface area contributed by atoms with Gasteiger partial charge in [0.25, 0.3) is 0 Å². The number of hydrogen-bond acceptors (Lipinski definition) is 5. The Labute approximate surface area is 75.3 Å². The molecule has 0 bridgehead atoms. The van der Waals surface area contributed by atoms with Crippen LogP contribution < -0.4 is 0 Å². The highest BCUT2D eigenvalue weighted by molar-refractivity contribution is 6.38. The largest absolute Gasteiger partial charge is 0.326 e. The van der Waals surface area contributed by atoms with E-state index in [9.17, 15) is 0 Å². The number of fused-ring (bicyclic) bond motifs is 1. The molecule has 0 spiro atoms. The molecule has 0 amide bonds. The maximum atomic E-state index is 5.41. The first-order chi connectivity index (χ1) is 6.37. The Morgan fingerprint density at radius 2 is 2.31 bits per heavy atom. The fraction of sp³-hybridized carbons (Fsp3) is 0.250. The van der Waals surface area contributed by atoms with Crippen molar-refractivity contribution in [2.75, 3.05) is 6.61 Å². The van der Waals surface area contributed by atoms with E-state index in [4.69, 9.17) is 4.74 Å². The average Bonchev–Trinajstić information content (AvgIpc) is 2.58. The molecule has 0 aromatic heterocycles. The topological polar surface area (TPSA) is 58.7 Å². The molecule has 1 atom stereocenters. The summed E-state index contributed by atoms with van der Waals surface area (Å²) in [6.07, 6.45) is 6.06. The lowest BCUT2D eigenvalue weighted by Gasteiger charge is -2.22. The fourth-order valence-corrected chi connectivity index (χ4v) is 1.08. The molecule has 0 radical (unpaired) electrons. The van der Waals surface area contributed by atoms with Crippen molar-refractivity contribution in [1.29, 1.82) is 0 Å². The number of nitrogens with zero attached hydrogens (tertiary/aromatic N) is 4. The van der Waals surface area contributed by atoms with E-state index >= 15 is 0 Å². The molecule has 0 saturated carbocycles. The molecule has 2 rings (SSSR count). The number of hydrogen-bond donors (Lipinski definition) is 0. The highest BCUT2D eigenvalue weighted by Gasteiger charge is 2.38. The molecule has 2 heterocycles. The summed E-state index contributed by atoms with van der Waals surface area (Å²) in [4.78, 5) is 15.9. The van der Waals surface area contributed by atoms with E-state index in [1.807, 2.05) is 0 Å². The van der Waals surface area contributed by atoms with Crippen molar-refractivity contribution in [3.63, 3.8) is 0 Å². The highest BCUT2D eigenvalue weighted by atomic mass is 16.5. The second-order valence-corrected chi connectivity index (χ2v) is 2.49. The minimum Gasteiger partial charge on any atom is -0.326 e. The van der Waals surface area contributed by atoms with E-state index in [1.54, 1.807) is 12.3 Å². The summed E-state index contributed by atoms with van der Waals surface area (Å²) in [7, 11) is 0. The molecule has 5 heteroatoms. The van der Waals surface area contributed by atoms with Gasteiger partial charge in [-0.1, -0.05) is 6.08 Å². The maximum Gasteiger partial charge on any atom is 0.307 e. The predicted octanol–water partition coefficient (Wildman–Crippen LogP) is 0.438. The van der Waals surface area contributed by atoms with Crippen LogP contribution in [0.3, 0.4) is 0 Å². The Morgan fingerprint density at radius 1 is 1.46 bits per heavy atom. The van der Waals surface area contributed by atoms with Crippen LogP contribution in [-0.4, -0.2) is 37.1 Å². The normalized spacial score (nSPS) is 28.8. The third-order valence-corrected chi connectivity index (χ3v) is 1.66. The van der Waals surface area contributed by atoms with Gasteiger partial charge in [0.15, 0.2) is 0 Å². The van der Waals surface area contributed by atoms with Gasteiger partial charge in [0.1, 0.15) is 18.4 Å². The van der Waals surface area contributed by atoms with Crippen LogP contribution in [0.1, 0.15) is 0 Å². The lowest BCUT2D eigenvalue weighted by atomic mass is 10.2. The number of ether oxygens (including phenoxy) is 1. The number of rotatable bonds is 3. The van der Waals surface area contributed by atoms with Crippen LogP contribution in [0.4, 0.5) is 0 Å². The maximum absolute atomic E-state index is 5.41. The van der Waals surface area contributed by atoms with Gasteiger partial charge in [0.2, 0.25) is 0 Å². The van der Waals surface area contributed by atoms with Gasteiger partial charge in [0, 0.05) is 0 Å². The van der Waals surface area contributed by atoms with E-state index in [0.29, 0.717) is 12.3 Å². The Hall–Kier alpha value is -1.62. The Balaban J connectivity index is 2.24. The minimum atomic E-state index is -0.990. The van der Waals surface area contributed by atoms with Gasteiger partial charge in [-0.15, -0.1) is 6.58 Å². The second kappa shape index (κ2) is 3.02. The summed E-state index contributed by atoms with van der Waals surface area (Å²) in [6.45, 7) is 3.93. The molecule has 0 aromatic carbocycles. The van der Waals surface area contributed by atoms with Crippen LogP contribution in [0.5, 0.6) is 0 Å². The van der Waals surface area contributed by atoms with Gasteiger partial charge in [-0.3, -0.25) is 0 Å². The SMILES string of the molecule is C=CCOC12N=CN=CC1=NC=N2. The third kappa shape index (κ3) is 1.23. The number of aliphatic imine (C=N–C) groups is 4. The van der Waals surface area contributed by atoms with Crippen LogP contribution in [0.2, 0.25) is 0 Å². The molecule has 2 aliphatic rings. The van der Waals surface area contributed by atoms with Gasteiger partial charge in [-0.2, -0.15) is 0 Å². The summed E-state index contributed by atoms with van der Waals surface area (Å²) in [5, 5.41) is 0. The van der Waals surface area contributed by atoms with Gasteiger partial charge < -0.3 is 4.74 Å². The monoisotopic (exact) mass is 176 g/mol. The molecule has 0 aliphatic carbocycles. The molecule has 66 valence electrons. The molecule has 0 saturated heterocycles. The molecular formula is C8H8N4O. The van der Waals surface area contributed by atoms with Crippen molar-refractivity contribution >= 4 is 24.6 Å². The van der Waals surface area contributed by atoms with Gasteiger partial charge in [-0.25, -0.2) is 20.0 Å². The van der Waals surface area contributed by atoms with Crippen molar-refractivity contribution < 1.29 is 4.74 Å². The molecule has 2 aliphatic heterocycles. The third-order valence-electron chi connectivity index (χ3n) is 1.66. The lowest BCUT2D eigenvalue weighted by molar-refractivity contribution is 0.0439. The molecular weight excluding hydrogens is 168 g/mol. The lowest BCUT2D eigenvalue weighted by Crippen LogP contribution is -2.38. The molecule has 0 aromatic rings. The predicted molar refractivity (Wildman–Crippen MR) is 51.8 cm³/mol. The van der Waals surface area contributed by atoms with E-state index in [0.717, 1.165) is 0 Å². The van der Waals surface area contributed by atoms with Crippen molar-refractivity contribution in [2.24, 2.45) is 20.0 Å². The van der Waals surface area contributed by atoms with Gasteiger partial charge >= 0.3 is 5.85 Å². The molecule has 1 unspecified atom stereocenters. The van der Waals surface area contributed by atoms with Crippen molar-refractivity contribution in [1.82, 2.24) is 0 Å². The summed E-state index contributed by atoms with van der Waals surface area (Å²) >= 11 is 0. The zero-order valence-corrected chi connectivity index (χ0v) is 6.92. The zero-order chi connectivity index (χ0) is 9.15. The van der Waals surface area contributed by atoms with E-state index in [1.165, 1.54) is 12.7 Å². The Kier molecular flexibility index (Phi) is 1.86. The average molecular weight is 176 g/mol. The summed E-state index contributed by atoms with van der Waals surface area (Å²) in [6, 6.07) is 0. The first kappa shape index (κ1) is 8.00. The smallest absolute Gasteiger partial charge is 0.307 e. The van der Waals surface area contributed by atoms with Crippen LogP contribution in [0.15, 0.2) is 32.6 Å². The highest BCUT2D eigenvalue weighted by Crippen LogP contribution is 2.22. The quantitative estimate of drug-likeness (QED) is 0.575. The van der Waals surface area contributed by atoms with Gasteiger partial charge in [0.05, 0.1) is 12.8 Å². The standard InChI is InChI=1S/C8H8N4O/c1-2-3-13-8-7(10-6-12-8)4-9-5-11-8/h2,4-6H,1,3H2. The zero-order valence-electron chi connectivity index (χ0n) is 6.92. The summed E-state index contributed by atoms with van der Waals surface area (Å²) in [5.41, 5.74) is 0.608. The summed E-state index contributed by atoms with van der Waals surface area (Å²) < 4.78 is 5.41. The van der Waals surface area contributed by atoms with Gasteiger partial charge in [-0.05, 0) is 0 Å². The molecule has 0 N–H and O–H groups in total. The Bertz CT molecular complexity index is 342. The van der Waals surface area contributed by atoms with E-state index in [2.05, 4.69) is 26.5 Å². The fourth-order valence-electron chi connectivity index (χ4n) is 1.08. The first-order valence-electron chi connectivity index (χ1n) is 3.81. The molecule has 0 fully saturated rings. The van der Waals surface area contributed by atoms with Crippen molar-refractivity contribution in [2.45, 2.75) is 5.85 Å². The molecule has 13 heavy (non-hydrogen) atoms. The van der Waals surface area contributed by atoms with Crippen molar-refractivity contribution in [3.8, 4) is 0 Å². The van der Waals surface area contributed by atoms with Crippen LogP contribution in [-0.2, 0) is 4.74 Å². The Morgan fingerprint density at radius 3 is 3.15 bits per heavy atom. The van der Waals surface area contributed by atoms with Crippen molar-refractivity contribution in [3.05, 3.63) is 12.7 Å². The minimum absolute atomic E-state index is 0.377. The van der Waals surface area contributed by atoms with E-state index < -0.39 is 5.85 Å².